The molecule has 244 valence electrons. The number of hydrogen-bond acceptors (Lipinski definition) is 5. The van der Waals surface area contributed by atoms with E-state index in [0.717, 1.165) is 37.8 Å². The predicted molar refractivity (Wildman–Crippen MR) is 173 cm³/mol. The van der Waals surface area contributed by atoms with Gasteiger partial charge in [-0.05, 0) is 76.5 Å². The summed E-state index contributed by atoms with van der Waals surface area (Å²) in [5.41, 5.74) is 0.994. The van der Waals surface area contributed by atoms with Crippen LogP contribution in [0.2, 0.25) is 5.02 Å². The summed E-state index contributed by atoms with van der Waals surface area (Å²) in [6.45, 7) is 16.7. The van der Waals surface area contributed by atoms with E-state index in [9.17, 15) is 14.4 Å². The highest BCUT2D eigenvalue weighted by Crippen LogP contribution is 2.40. The number of carbonyl (C=O) groups excluding carboxylic acids is 3. The van der Waals surface area contributed by atoms with E-state index in [0.29, 0.717) is 56.8 Å². The maximum Gasteiger partial charge on any atom is 0.245 e. The van der Waals surface area contributed by atoms with E-state index in [1.165, 1.54) is 0 Å². The third-order valence-electron chi connectivity index (χ3n) is 10.6. The van der Waals surface area contributed by atoms with Crippen LogP contribution in [0.1, 0.15) is 85.1 Å². The van der Waals surface area contributed by atoms with E-state index in [1.807, 2.05) is 47.9 Å². The van der Waals surface area contributed by atoms with E-state index in [-0.39, 0.29) is 53.1 Å². The minimum Gasteiger partial charge on any atom is -0.378 e. The lowest BCUT2D eigenvalue weighted by Crippen LogP contribution is -2.53. The van der Waals surface area contributed by atoms with Gasteiger partial charge >= 0.3 is 0 Å². The normalized spacial score (nSPS) is 30.2. The van der Waals surface area contributed by atoms with Crippen molar-refractivity contribution < 1.29 is 19.1 Å². The molecule has 2 unspecified atom stereocenters. The Balaban J connectivity index is 1.48. The largest absolute Gasteiger partial charge is 0.378 e. The molecule has 8 nitrogen and oxygen atoms in total. The standard InChI is InChI=1S/C35H53ClN4O4/c1-23(2)32(41)40(27-13-7-24(3)8-14-27)28-19-31(34(43)37-15-17-44-18-16-37)39(20-28)33(42)30-22-38(35(4,5)6)21-29(30)25-9-11-26(36)12-10-25/h9-12,23-24,27-31H,7-8,13-22H2,1-6H3/t24-,27+,28-,29-,30?,31?/m0/s1. The highest BCUT2D eigenvalue weighted by Gasteiger charge is 2.51. The topological polar surface area (TPSA) is 73.4 Å². The molecule has 0 aromatic heterocycles. The average molecular weight is 629 g/mol. The number of benzene rings is 1. The maximum atomic E-state index is 14.8. The molecule has 0 spiro atoms. The zero-order chi connectivity index (χ0) is 31.8. The van der Waals surface area contributed by atoms with E-state index < -0.39 is 6.04 Å². The zero-order valence-electron chi connectivity index (χ0n) is 27.6. The Kier molecular flexibility index (Phi) is 10.3. The van der Waals surface area contributed by atoms with Crippen molar-refractivity contribution in [1.82, 2.24) is 19.6 Å². The van der Waals surface area contributed by atoms with Crippen LogP contribution < -0.4 is 0 Å². The van der Waals surface area contributed by atoms with Gasteiger partial charge in [0.2, 0.25) is 17.7 Å². The zero-order valence-corrected chi connectivity index (χ0v) is 28.4. The fourth-order valence-corrected chi connectivity index (χ4v) is 7.95. The monoisotopic (exact) mass is 628 g/mol. The molecular weight excluding hydrogens is 576 g/mol. The van der Waals surface area contributed by atoms with Crippen LogP contribution in [0.25, 0.3) is 0 Å². The van der Waals surface area contributed by atoms with Crippen molar-refractivity contribution in [3.05, 3.63) is 34.9 Å². The van der Waals surface area contributed by atoms with Crippen LogP contribution in [0.15, 0.2) is 24.3 Å². The summed E-state index contributed by atoms with van der Waals surface area (Å²) < 4.78 is 5.55. The molecule has 3 saturated heterocycles. The smallest absolute Gasteiger partial charge is 0.245 e. The molecule has 3 aliphatic heterocycles. The van der Waals surface area contributed by atoms with Gasteiger partial charge in [0, 0.05) is 61.2 Å². The number of amides is 3. The Hall–Kier alpha value is -2.16. The van der Waals surface area contributed by atoms with Crippen molar-refractivity contribution in [1.29, 1.82) is 0 Å². The second-order valence-corrected chi connectivity index (χ2v) is 15.4. The summed E-state index contributed by atoms with van der Waals surface area (Å²) in [5.74, 6) is 0.381. The highest BCUT2D eigenvalue weighted by molar-refractivity contribution is 6.30. The van der Waals surface area contributed by atoms with Gasteiger partial charge < -0.3 is 19.4 Å². The number of rotatable bonds is 6. The summed E-state index contributed by atoms with van der Waals surface area (Å²) in [4.78, 5) is 51.1. The first kappa shape index (κ1) is 33.2. The van der Waals surface area contributed by atoms with Gasteiger partial charge in [-0.1, -0.05) is 44.5 Å². The van der Waals surface area contributed by atoms with Gasteiger partial charge in [0.05, 0.1) is 25.2 Å². The molecular formula is C35H53ClN4O4. The molecule has 44 heavy (non-hydrogen) atoms. The summed E-state index contributed by atoms with van der Waals surface area (Å²) in [7, 11) is 0. The van der Waals surface area contributed by atoms with Crippen LogP contribution in [0.5, 0.6) is 0 Å². The van der Waals surface area contributed by atoms with Crippen LogP contribution in [-0.2, 0) is 19.1 Å². The van der Waals surface area contributed by atoms with Gasteiger partial charge in [-0.2, -0.15) is 0 Å². The van der Waals surface area contributed by atoms with E-state index in [2.05, 4.69) is 37.5 Å². The third kappa shape index (κ3) is 7.13. The lowest BCUT2D eigenvalue weighted by molar-refractivity contribution is -0.148. The van der Waals surface area contributed by atoms with Crippen molar-refractivity contribution in [3.8, 4) is 0 Å². The van der Waals surface area contributed by atoms with Gasteiger partial charge in [-0.15, -0.1) is 0 Å². The second kappa shape index (κ2) is 13.7. The lowest BCUT2D eigenvalue weighted by Gasteiger charge is -2.41. The van der Waals surface area contributed by atoms with Gasteiger partial charge in [-0.3, -0.25) is 19.3 Å². The van der Waals surface area contributed by atoms with Crippen molar-refractivity contribution >= 4 is 29.3 Å². The van der Waals surface area contributed by atoms with E-state index >= 15 is 0 Å². The lowest BCUT2D eigenvalue weighted by atomic mass is 9.85. The quantitative estimate of drug-likeness (QED) is 0.441. The Morgan fingerprint density at radius 1 is 0.909 bits per heavy atom. The third-order valence-corrected chi connectivity index (χ3v) is 10.8. The number of likely N-dealkylation sites (tertiary alicyclic amines) is 2. The van der Waals surface area contributed by atoms with Crippen molar-refractivity contribution in [2.75, 3.05) is 45.9 Å². The molecule has 9 heteroatoms. The highest BCUT2D eigenvalue weighted by atomic mass is 35.5. The van der Waals surface area contributed by atoms with Crippen LogP contribution in [-0.4, -0.2) is 107 Å². The minimum absolute atomic E-state index is 0.00733. The molecule has 4 aliphatic rings. The first-order valence-electron chi connectivity index (χ1n) is 16.8. The molecule has 3 amide bonds. The molecule has 0 N–H and O–H groups in total. The van der Waals surface area contributed by atoms with E-state index in [1.54, 1.807) is 0 Å². The SMILES string of the molecule is CC(C)C(=O)N([C@H]1CC(C(=O)N2CCOCC2)N(C(=O)C2CN(C(C)(C)C)C[C@H]2c2ccc(Cl)cc2)C1)[C@H]1CC[C@@H](C)CC1. The van der Waals surface area contributed by atoms with Crippen molar-refractivity contribution in [3.63, 3.8) is 0 Å². The van der Waals surface area contributed by atoms with Crippen LogP contribution >= 0.6 is 11.6 Å². The minimum atomic E-state index is -0.579. The number of halogens is 1. The summed E-state index contributed by atoms with van der Waals surface area (Å²) >= 11 is 6.25. The Morgan fingerprint density at radius 2 is 1.55 bits per heavy atom. The van der Waals surface area contributed by atoms with Crippen LogP contribution in [0.3, 0.4) is 0 Å². The fraction of sp³-hybridized carbons (Fsp3) is 0.743. The molecule has 1 aromatic rings. The second-order valence-electron chi connectivity index (χ2n) is 15.0. The Bertz CT molecular complexity index is 1170. The Morgan fingerprint density at radius 3 is 2.14 bits per heavy atom. The molecule has 5 rings (SSSR count). The van der Waals surface area contributed by atoms with Gasteiger partial charge in [0.1, 0.15) is 6.04 Å². The first-order valence-corrected chi connectivity index (χ1v) is 17.2. The molecule has 0 bridgehead atoms. The average Bonchev–Trinajstić information content (AvgIpc) is 3.64. The molecule has 1 saturated carbocycles. The molecule has 4 fully saturated rings. The summed E-state index contributed by atoms with van der Waals surface area (Å²) in [6, 6.07) is 7.28. The van der Waals surface area contributed by atoms with Gasteiger partial charge in [-0.25, -0.2) is 0 Å². The molecule has 1 aliphatic carbocycles. The fourth-order valence-electron chi connectivity index (χ4n) is 7.83. The number of nitrogens with zero attached hydrogens (tertiary/aromatic N) is 4. The molecule has 3 heterocycles. The predicted octanol–water partition coefficient (Wildman–Crippen LogP) is 5.05. The van der Waals surface area contributed by atoms with Crippen molar-refractivity contribution in [2.45, 2.75) is 103 Å². The number of morpholine rings is 1. The summed E-state index contributed by atoms with van der Waals surface area (Å²) in [6.07, 6.45) is 4.66. The number of carbonyl (C=O) groups is 3. The number of ether oxygens (including phenoxy) is 1. The van der Waals surface area contributed by atoms with Gasteiger partial charge in [0.15, 0.2) is 0 Å². The molecule has 0 radical (unpaired) electrons. The molecule has 1 aromatic carbocycles. The first-order chi connectivity index (χ1) is 20.8. The van der Waals surface area contributed by atoms with Crippen LogP contribution in [0, 0.1) is 17.8 Å². The van der Waals surface area contributed by atoms with Crippen LogP contribution in [0.4, 0.5) is 0 Å². The maximum absolute atomic E-state index is 14.8. The Labute approximate surface area is 269 Å². The van der Waals surface area contributed by atoms with Gasteiger partial charge in [0.25, 0.3) is 0 Å². The van der Waals surface area contributed by atoms with E-state index in [4.69, 9.17) is 16.3 Å². The summed E-state index contributed by atoms with van der Waals surface area (Å²) in [5, 5.41) is 0.674. The molecule has 4 atom stereocenters. The number of hydrogen-bond donors (Lipinski definition) is 0. The van der Waals surface area contributed by atoms with Crippen molar-refractivity contribution in [2.24, 2.45) is 17.8 Å².